The standard InChI is InChI=1S/C20H24N4OS/c1-15-5-6-16(2)19(11-15)23-13-21-24(20(23)26)14-22(3)12-17-7-9-18(25-4)10-8-17/h5-11,13H,12,14H2,1-4H3. The molecule has 3 rings (SSSR count). The molecule has 6 heteroatoms. The van der Waals surface area contributed by atoms with Crippen molar-refractivity contribution in [2.75, 3.05) is 14.2 Å². The van der Waals surface area contributed by atoms with Gasteiger partial charge in [-0.1, -0.05) is 24.3 Å². The third kappa shape index (κ3) is 4.03. The second-order valence-corrected chi connectivity index (χ2v) is 6.94. The van der Waals surface area contributed by atoms with Crippen molar-refractivity contribution in [1.29, 1.82) is 0 Å². The zero-order chi connectivity index (χ0) is 18.7. The summed E-state index contributed by atoms with van der Waals surface area (Å²) in [5, 5.41) is 4.49. The van der Waals surface area contributed by atoms with Gasteiger partial charge < -0.3 is 4.74 Å². The normalized spacial score (nSPS) is 11.1. The summed E-state index contributed by atoms with van der Waals surface area (Å²) >= 11 is 5.65. The van der Waals surface area contributed by atoms with Crippen LogP contribution in [0.25, 0.3) is 5.69 Å². The van der Waals surface area contributed by atoms with Crippen LogP contribution in [-0.4, -0.2) is 33.4 Å². The highest BCUT2D eigenvalue weighted by atomic mass is 32.1. The molecule has 0 unspecified atom stereocenters. The fourth-order valence-corrected chi connectivity index (χ4v) is 3.15. The number of ether oxygens (including phenoxy) is 1. The Hall–Kier alpha value is -2.44. The zero-order valence-electron chi connectivity index (χ0n) is 15.6. The maximum Gasteiger partial charge on any atom is 0.203 e. The number of methoxy groups -OCH3 is 1. The molecule has 0 N–H and O–H groups in total. The summed E-state index contributed by atoms with van der Waals surface area (Å²) in [6, 6.07) is 14.5. The lowest BCUT2D eigenvalue weighted by Gasteiger charge is -2.16. The van der Waals surface area contributed by atoms with E-state index in [4.69, 9.17) is 17.0 Å². The lowest BCUT2D eigenvalue weighted by atomic mass is 10.1. The quantitative estimate of drug-likeness (QED) is 0.613. The number of hydrogen-bond donors (Lipinski definition) is 0. The van der Waals surface area contributed by atoms with Crippen molar-refractivity contribution in [2.45, 2.75) is 27.1 Å². The van der Waals surface area contributed by atoms with Crippen molar-refractivity contribution in [1.82, 2.24) is 19.2 Å². The Morgan fingerprint density at radius 3 is 2.54 bits per heavy atom. The lowest BCUT2D eigenvalue weighted by molar-refractivity contribution is 0.244. The molecule has 136 valence electrons. The van der Waals surface area contributed by atoms with Crippen LogP contribution in [0, 0.1) is 18.6 Å². The second-order valence-electron chi connectivity index (χ2n) is 6.58. The second kappa shape index (κ2) is 7.85. The van der Waals surface area contributed by atoms with Crippen LogP contribution in [0.3, 0.4) is 0 Å². The molecule has 0 amide bonds. The molecule has 26 heavy (non-hydrogen) atoms. The molecule has 0 bridgehead atoms. The molecule has 0 aliphatic heterocycles. The summed E-state index contributed by atoms with van der Waals surface area (Å²) in [7, 11) is 3.73. The number of aromatic nitrogens is 3. The first-order valence-electron chi connectivity index (χ1n) is 8.51. The number of aryl methyl sites for hydroxylation is 2. The molecule has 1 aromatic heterocycles. The van der Waals surface area contributed by atoms with Crippen LogP contribution < -0.4 is 4.74 Å². The number of hydrogen-bond acceptors (Lipinski definition) is 4. The Bertz CT molecular complexity index is 943. The molecular formula is C20H24N4OS. The van der Waals surface area contributed by atoms with E-state index < -0.39 is 0 Å². The van der Waals surface area contributed by atoms with Crippen molar-refractivity contribution in [3.8, 4) is 11.4 Å². The largest absolute Gasteiger partial charge is 0.497 e. The molecule has 0 saturated heterocycles. The van der Waals surface area contributed by atoms with E-state index in [-0.39, 0.29) is 0 Å². The molecular weight excluding hydrogens is 344 g/mol. The smallest absolute Gasteiger partial charge is 0.203 e. The van der Waals surface area contributed by atoms with E-state index in [1.165, 1.54) is 16.7 Å². The monoisotopic (exact) mass is 368 g/mol. The highest BCUT2D eigenvalue weighted by molar-refractivity contribution is 7.71. The zero-order valence-corrected chi connectivity index (χ0v) is 16.5. The maximum atomic E-state index is 5.65. The molecule has 5 nitrogen and oxygen atoms in total. The summed E-state index contributed by atoms with van der Waals surface area (Å²) in [6.45, 7) is 5.61. The molecule has 0 aliphatic rings. The van der Waals surface area contributed by atoms with Crippen molar-refractivity contribution >= 4 is 12.2 Å². The highest BCUT2D eigenvalue weighted by Crippen LogP contribution is 2.17. The van der Waals surface area contributed by atoms with Gasteiger partial charge >= 0.3 is 0 Å². The molecule has 3 aromatic rings. The third-order valence-corrected chi connectivity index (χ3v) is 4.75. The number of nitrogens with zero attached hydrogens (tertiary/aromatic N) is 4. The Kier molecular flexibility index (Phi) is 5.54. The van der Waals surface area contributed by atoms with Crippen LogP contribution in [0.1, 0.15) is 16.7 Å². The Labute approximate surface area is 159 Å². The van der Waals surface area contributed by atoms with Crippen molar-refractivity contribution < 1.29 is 4.74 Å². The van der Waals surface area contributed by atoms with Gasteiger partial charge in [0.25, 0.3) is 0 Å². The predicted octanol–water partition coefficient (Wildman–Crippen LogP) is 4.12. The average Bonchev–Trinajstić information content (AvgIpc) is 2.98. The summed E-state index contributed by atoms with van der Waals surface area (Å²) in [4.78, 5) is 2.18. The molecule has 0 spiro atoms. The van der Waals surface area contributed by atoms with E-state index in [1.54, 1.807) is 13.4 Å². The van der Waals surface area contributed by atoms with Crippen molar-refractivity contribution in [3.05, 3.63) is 70.3 Å². The van der Waals surface area contributed by atoms with E-state index in [0.717, 1.165) is 18.0 Å². The minimum absolute atomic E-state index is 0.628. The first-order chi connectivity index (χ1) is 12.5. The molecule has 2 aromatic carbocycles. The fraction of sp³-hybridized carbons (Fsp3) is 0.300. The Morgan fingerprint density at radius 2 is 1.85 bits per heavy atom. The van der Waals surface area contributed by atoms with Crippen LogP contribution in [-0.2, 0) is 13.2 Å². The molecule has 0 aliphatic carbocycles. The molecule has 1 heterocycles. The van der Waals surface area contributed by atoms with Gasteiger partial charge in [-0.3, -0.25) is 9.47 Å². The van der Waals surface area contributed by atoms with Gasteiger partial charge in [0.15, 0.2) is 0 Å². The van der Waals surface area contributed by atoms with Gasteiger partial charge in [-0.15, -0.1) is 0 Å². The van der Waals surface area contributed by atoms with Crippen LogP contribution in [0.2, 0.25) is 0 Å². The van der Waals surface area contributed by atoms with Gasteiger partial charge in [-0.25, -0.2) is 4.68 Å². The van der Waals surface area contributed by atoms with E-state index in [0.29, 0.717) is 11.4 Å². The predicted molar refractivity (Wildman–Crippen MR) is 106 cm³/mol. The van der Waals surface area contributed by atoms with E-state index in [1.807, 2.05) is 21.4 Å². The molecule has 0 atom stereocenters. The summed E-state index contributed by atoms with van der Waals surface area (Å²) < 4.78 is 9.72. The molecule has 0 saturated carbocycles. The van der Waals surface area contributed by atoms with Gasteiger partial charge in [0.2, 0.25) is 4.77 Å². The van der Waals surface area contributed by atoms with Crippen LogP contribution in [0.5, 0.6) is 5.75 Å². The first kappa shape index (κ1) is 18.4. The van der Waals surface area contributed by atoms with Crippen LogP contribution in [0.15, 0.2) is 48.8 Å². The van der Waals surface area contributed by atoms with E-state index in [2.05, 4.69) is 61.2 Å². The van der Waals surface area contributed by atoms with Gasteiger partial charge in [0, 0.05) is 6.54 Å². The van der Waals surface area contributed by atoms with Gasteiger partial charge in [-0.2, -0.15) is 5.10 Å². The topological polar surface area (TPSA) is 35.2 Å². The minimum Gasteiger partial charge on any atom is -0.497 e. The van der Waals surface area contributed by atoms with Gasteiger partial charge in [0.05, 0.1) is 19.5 Å². The lowest BCUT2D eigenvalue weighted by Crippen LogP contribution is -2.22. The third-order valence-electron chi connectivity index (χ3n) is 4.34. The summed E-state index contributed by atoms with van der Waals surface area (Å²) in [5.41, 5.74) is 4.68. The first-order valence-corrected chi connectivity index (χ1v) is 8.92. The fourth-order valence-electron chi connectivity index (χ4n) is 2.90. The van der Waals surface area contributed by atoms with Crippen molar-refractivity contribution in [2.24, 2.45) is 0 Å². The number of rotatable bonds is 6. The van der Waals surface area contributed by atoms with E-state index in [9.17, 15) is 0 Å². The van der Waals surface area contributed by atoms with Crippen LogP contribution >= 0.6 is 12.2 Å². The molecule has 0 fully saturated rings. The van der Waals surface area contributed by atoms with Crippen molar-refractivity contribution in [3.63, 3.8) is 0 Å². The van der Waals surface area contributed by atoms with Gasteiger partial charge in [-0.05, 0) is 68.0 Å². The average molecular weight is 369 g/mol. The molecule has 0 radical (unpaired) electrons. The number of benzene rings is 2. The Balaban J connectivity index is 1.75. The van der Waals surface area contributed by atoms with Crippen LogP contribution in [0.4, 0.5) is 0 Å². The highest BCUT2D eigenvalue weighted by Gasteiger charge is 2.09. The van der Waals surface area contributed by atoms with Gasteiger partial charge in [0.1, 0.15) is 12.1 Å². The van der Waals surface area contributed by atoms with E-state index >= 15 is 0 Å². The minimum atomic E-state index is 0.628. The summed E-state index contributed by atoms with van der Waals surface area (Å²) in [6.07, 6.45) is 1.80. The maximum absolute atomic E-state index is 5.65. The SMILES string of the molecule is COc1ccc(CN(C)Cn2ncn(-c3cc(C)ccc3C)c2=S)cc1. The summed E-state index contributed by atoms with van der Waals surface area (Å²) in [5.74, 6) is 0.867. The Morgan fingerprint density at radius 1 is 1.12 bits per heavy atom.